The van der Waals surface area contributed by atoms with Gasteiger partial charge in [-0.15, -0.1) is 0 Å². The van der Waals surface area contributed by atoms with Gasteiger partial charge in [-0.1, -0.05) is 0 Å². The lowest BCUT2D eigenvalue weighted by Crippen LogP contribution is -2.31. The fourth-order valence-corrected chi connectivity index (χ4v) is 2.16. The molecule has 0 unspecified atom stereocenters. The summed E-state index contributed by atoms with van der Waals surface area (Å²) in [4.78, 5) is 0. The van der Waals surface area contributed by atoms with Gasteiger partial charge in [-0.2, -0.15) is 13.2 Å². The van der Waals surface area contributed by atoms with E-state index in [9.17, 15) is 17.6 Å². The SMILES string of the molecule is NC1CCC(Oc2ccc(C(F)(F)F)cc2F)CC1. The summed E-state index contributed by atoms with van der Waals surface area (Å²) in [6, 6.07) is 2.46. The van der Waals surface area contributed by atoms with E-state index in [1.807, 2.05) is 0 Å². The molecule has 2 rings (SSSR count). The van der Waals surface area contributed by atoms with E-state index in [-0.39, 0.29) is 17.9 Å². The molecule has 1 saturated carbocycles. The monoisotopic (exact) mass is 277 g/mol. The molecule has 0 aromatic heterocycles. The lowest BCUT2D eigenvalue weighted by molar-refractivity contribution is -0.137. The molecule has 0 amide bonds. The highest BCUT2D eigenvalue weighted by Crippen LogP contribution is 2.33. The average molecular weight is 277 g/mol. The summed E-state index contributed by atoms with van der Waals surface area (Å²) in [6.07, 6.45) is -1.76. The third-order valence-corrected chi connectivity index (χ3v) is 3.27. The van der Waals surface area contributed by atoms with Crippen molar-refractivity contribution in [2.24, 2.45) is 5.73 Å². The van der Waals surface area contributed by atoms with Crippen molar-refractivity contribution in [1.82, 2.24) is 0 Å². The summed E-state index contributed by atoms with van der Waals surface area (Å²) in [7, 11) is 0. The van der Waals surface area contributed by atoms with Gasteiger partial charge in [0.05, 0.1) is 11.7 Å². The van der Waals surface area contributed by atoms with Crippen molar-refractivity contribution >= 4 is 0 Å². The average Bonchev–Trinajstić information content (AvgIpc) is 2.33. The first kappa shape index (κ1) is 14.1. The van der Waals surface area contributed by atoms with Gasteiger partial charge in [0.1, 0.15) is 0 Å². The second-order valence-corrected chi connectivity index (χ2v) is 4.80. The number of benzene rings is 1. The van der Waals surface area contributed by atoms with E-state index in [1.54, 1.807) is 0 Å². The molecule has 1 aliphatic carbocycles. The Hall–Kier alpha value is -1.30. The van der Waals surface area contributed by atoms with Gasteiger partial charge < -0.3 is 10.5 Å². The molecule has 19 heavy (non-hydrogen) atoms. The van der Waals surface area contributed by atoms with Gasteiger partial charge in [0.25, 0.3) is 0 Å². The Morgan fingerprint density at radius 1 is 1.11 bits per heavy atom. The highest BCUT2D eigenvalue weighted by molar-refractivity contribution is 5.31. The summed E-state index contributed by atoms with van der Waals surface area (Å²) in [6.45, 7) is 0. The molecule has 0 radical (unpaired) electrons. The van der Waals surface area contributed by atoms with Crippen LogP contribution in [0.1, 0.15) is 31.2 Å². The Balaban J connectivity index is 2.05. The van der Waals surface area contributed by atoms with E-state index in [0.29, 0.717) is 18.9 Å². The highest BCUT2D eigenvalue weighted by atomic mass is 19.4. The Kier molecular flexibility index (Phi) is 3.99. The van der Waals surface area contributed by atoms with Crippen LogP contribution in [0.4, 0.5) is 17.6 Å². The van der Waals surface area contributed by atoms with Gasteiger partial charge in [0.2, 0.25) is 0 Å². The number of rotatable bonds is 2. The molecular weight excluding hydrogens is 262 g/mol. The topological polar surface area (TPSA) is 35.2 Å². The van der Waals surface area contributed by atoms with E-state index >= 15 is 0 Å². The lowest BCUT2D eigenvalue weighted by Gasteiger charge is -2.27. The predicted molar refractivity (Wildman–Crippen MR) is 62.3 cm³/mol. The molecule has 1 aromatic carbocycles. The maximum atomic E-state index is 13.6. The molecule has 0 atom stereocenters. The first-order valence-electron chi connectivity index (χ1n) is 6.15. The number of hydrogen-bond donors (Lipinski definition) is 1. The van der Waals surface area contributed by atoms with Crippen LogP contribution in [0.25, 0.3) is 0 Å². The molecule has 0 aliphatic heterocycles. The van der Waals surface area contributed by atoms with E-state index < -0.39 is 17.6 Å². The molecule has 0 heterocycles. The van der Waals surface area contributed by atoms with Crippen LogP contribution < -0.4 is 10.5 Å². The quantitative estimate of drug-likeness (QED) is 0.840. The van der Waals surface area contributed by atoms with Crippen LogP contribution in [0.2, 0.25) is 0 Å². The molecule has 0 bridgehead atoms. The molecular formula is C13H15F4NO. The number of halogens is 4. The zero-order chi connectivity index (χ0) is 14.0. The molecule has 1 fully saturated rings. The van der Waals surface area contributed by atoms with Gasteiger partial charge in [-0.05, 0) is 43.9 Å². The van der Waals surface area contributed by atoms with Crippen LogP contribution in [0.3, 0.4) is 0 Å². The number of nitrogens with two attached hydrogens (primary N) is 1. The molecule has 6 heteroatoms. The van der Waals surface area contributed by atoms with Gasteiger partial charge in [0, 0.05) is 6.04 Å². The van der Waals surface area contributed by atoms with Crippen molar-refractivity contribution in [1.29, 1.82) is 0 Å². The zero-order valence-corrected chi connectivity index (χ0v) is 10.2. The zero-order valence-electron chi connectivity index (χ0n) is 10.2. The van der Waals surface area contributed by atoms with E-state index in [0.717, 1.165) is 25.0 Å². The van der Waals surface area contributed by atoms with E-state index in [2.05, 4.69) is 0 Å². The van der Waals surface area contributed by atoms with Gasteiger partial charge >= 0.3 is 6.18 Å². The Morgan fingerprint density at radius 2 is 1.74 bits per heavy atom. The summed E-state index contributed by atoms with van der Waals surface area (Å²) < 4.78 is 56.1. The smallest absolute Gasteiger partial charge is 0.416 e. The molecule has 1 aliphatic rings. The van der Waals surface area contributed by atoms with Crippen molar-refractivity contribution in [2.45, 2.75) is 44.0 Å². The van der Waals surface area contributed by atoms with Crippen molar-refractivity contribution in [3.05, 3.63) is 29.6 Å². The van der Waals surface area contributed by atoms with Crippen LogP contribution in [0.15, 0.2) is 18.2 Å². The number of hydrogen-bond acceptors (Lipinski definition) is 2. The van der Waals surface area contributed by atoms with Crippen LogP contribution in [-0.4, -0.2) is 12.1 Å². The van der Waals surface area contributed by atoms with Crippen molar-refractivity contribution in [3.63, 3.8) is 0 Å². The molecule has 2 N–H and O–H groups in total. The standard InChI is InChI=1S/C13H15F4NO/c14-11-7-8(13(15,16)17)1-6-12(11)19-10-4-2-9(18)3-5-10/h1,6-7,9-10H,2-5,18H2. The molecule has 106 valence electrons. The van der Waals surface area contributed by atoms with Crippen LogP contribution in [-0.2, 0) is 6.18 Å². The lowest BCUT2D eigenvalue weighted by atomic mass is 9.94. The van der Waals surface area contributed by atoms with Crippen LogP contribution in [0.5, 0.6) is 5.75 Å². The van der Waals surface area contributed by atoms with Crippen LogP contribution in [0, 0.1) is 5.82 Å². The maximum absolute atomic E-state index is 13.6. The first-order valence-corrected chi connectivity index (χ1v) is 6.15. The van der Waals surface area contributed by atoms with Gasteiger partial charge in [-0.3, -0.25) is 0 Å². The summed E-state index contributed by atoms with van der Waals surface area (Å²) >= 11 is 0. The first-order chi connectivity index (χ1) is 8.86. The third kappa shape index (κ3) is 3.59. The summed E-state index contributed by atoms with van der Waals surface area (Å²) in [5.41, 5.74) is 4.72. The van der Waals surface area contributed by atoms with E-state index in [4.69, 9.17) is 10.5 Å². The molecule has 1 aromatic rings. The van der Waals surface area contributed by atoms with Gasteiger partial charge in [-0.25, -0.2) is 4.39 Å². The Bertz CT molecular complexity index is 439. The number of ether oxygens (including phenoxy) is 1. The molecule has 2 nitrogen and oxygen atoms in total. The van der Waals surface area contributed by atoms with Crippen molar-refractivity contribution < 1.29 is 22.3 Å². The normalized spacial score (nSPS) is 24.3. The maximum Gasteiger partial charge on any atom is 0.416 e. The minimum atomic E-state index is -4.54. The Morgan fingerprint density at radius 3 is 2.26 bits per heavy atom. The van der Waals surface area contributed by atoms with E-state index in [1.165, 1.54) is 0 Å². The predicted octanol–water partition coefficient (Wildman–Crippen LogP) is 3.49. The van der Waals surface area contributed by atoms with Crippen LogP contribution >= 0.6 is 0 Å². The molecule has 0 spiro atoms. The third-order valence-electron chi connectivity index (χ3n) is 3.27. The fraction of sp³-hybridized carbons (Fsp3) is 0.538. The summed E-state index contributed by atoms with van der Waals surface area (Å²) in [5.74, 6) is -1.11. The highest BCUT2D eigenvalue weighted by Gasteiger charge is 2.31. The Labute approximate surface area is 108 Å². The van der Waals surface area contributed by atoms with Gasteiger partial charge in [0.15, 0.2) is 11.6 Å². The molecule has 0 saturated heterocycles. The largest absolute Gasteiger partial charge is 0.487 e. The minimum absolute atomic E-state index is 0.131. The van der Waals surface area contributed by atoms with Crippen molar-refractivity contribution in [2.75, 3.05) is 0 Å². The second kappa shape index (κ2) is 5.36. The minimum Gasteiger partial charge on any atom is -0.487 e. The fourth-order valence-electron chi connectivity index (χ4n) is 2.16. The second-order valence-electron chi connectivity index (χ2n) is 4.80. The van der Waals surface area contributed by atoms with Crippen molar-refractivity contribution in [3.8, 4) is 5.75 Å². The number of alkyl halides is 3. The summed E-state index contributed by atoms with van der Waals surface area (Å²) in [5, 5.41) is 0.